The van der Waals surface area contributed by atoms with E-state index in [1.807, 2.05) is 89.0 Å². The van der Waals surface area contributed by atoms with Crippen molar-refractivity contribution in [2.45, 2.75) is 162 Å². The van der Waals surface area contributed by atoms with E-state index in [1.54, 1.807) is 18.9 Å². The van der Waals surface area contributed by atoms with E-state index in [2.05, 4.69) is 22.5 Å². The van der Waals surface area contributed by atoms with Gasteiger partial charge in [0.05, 0.1) is 42.7 Å². The number of primary amides is 1. The van der Waals surface area contributed by atoms with Crippen LogP contribution < -0.4 is 16.4 Å². The van der Waals surface area contributed by atoms with Crippen LogP contribution in [-0.2, 0) is 59.1 Å². The Bertz CT molecular complexity index is 2110. The smallest absolute Gasteiger partial charge is 0.333 e. The van der Waals surface area contributed by atoms with Crippen LogP contribution in [0.15, 0.2) is 30.5 Å². The Hall–Kier alpha value is -5.24. The lowest BCUT2D eigenvalue weighted by molar-refractivity contribution is -0.197. The standard InChI is InChI=1S/C51H80N8O11/c1-12-32(6)46(57(9)45(31(4)5)51(67)55-50(66)44(30(2)3)56(8)25-17-13-14-22-43(63)70-59-40(60)23-24-41(59)61)39(68-10)28-42(62)58-26-18-21-38(58)47(69-11)33(7)49(65)54-37(48(52)64)27-34-29-53-36-20-16-15-19-35(34)36/h15-16,19-20,29-33,37-39,44-47,53H,12-14,17-18,21-28H2,1-11H3,(H2,52,64)(H,54,65)(H,55,66,67)/t32-,33+,37-,38-,39+,44-,45-,46-,47+/m0/s1. The van der Waals surface area contributed by atoms with Crippen LogP contribution in [0.5, 0.6) is 0 Å². The monoisotopic (exact) mass is 981 g/mol. The fraction of sp³-hybridized carbons (Fsp3) is 0.686. The second kappa shape index (κ2) is 26.8. The van der Waals surface area contributed by atoms with E-state index in [0.29, 0.717) is 56.7 Å². The number of hydrogen-bond donors (Lipinski definition) is 4. The fourth-order valence-corrected chi connectivity index (χ4v) is 10.4. The van der Waals surface area contributed by atoms with Gasteiger partial charge in [0.25, 0.3) is 11.8 Å². The van der Waals surface area contributed by atoms with Crippen LogP contribution in [-0.4, -0.2) is 156 Å². The van der Waals surface area contributed by atoms with Crippen LogP contribution in [0.25, 0.3) is 10.9 Å². The first-order valence-electron chi connectivity index (χ1n) is 25.0. The second-order valence-electron chi connectivity index (χ2n) is 19.9. The molecule has 0 unspecified atom stereocenters. The number of methoxy groups -OCH3 is 2. The Kier molecular flexibility index (Phi) is 22.0. The molecule has 0 bridgehead atoms. The average molecular weight is 981 g/mol. The highest BCUT2D eigenvalue weighted by Gasteiger charge is 2.44. The second-order valence-corrected chi connectivity index (χ2v) is 19.9. The van der Waals surface area contributed by atoms with Gasteiger partial charge in [-0.05, 0) is 75.7 Å². The van der Waals surface area contributed by atoms with Crippen LogP contribution in [0, 0.1) is 23.7 Å². The molecule has 9 atom stereocenters. The number of imide groups is 2. The minimum absolute atomic E-state index is 0.0116. The summed E-state index contributed by atoms with van der Waals surface area (Å²) in [6.45, 7) is 14.4. The number of rotatable bonds is 28. The number of benzene rings is 1. The molecule has 70 heavy (non-hydrogen) atoms. The Morgan fingerprint density at radius 1 is 0.871 bits per heavy atom. The zero-order chi connectivity index (χ0) is 52.0. The van der Waals surface area contributed by atoms with Gasteiger partial charge in [0.15, 0.2) is 0 Å². The normalized spacial score (nSPS) is 18.8. The van der Waals surface area contributed by atoms with Gasteiger partial charge in [0.1, 0.15) is 6.04 Å². The Morgan fingerprint density at radius 3 is 2.11 bits per heavy atom. The first kappa shape index (κ1) is 57.3. The fourth-order valence-electron chi connectivity index (χ4n) is 10.4. The first-order chi connectivity index (χ1) is 33.2. The van der Waals surface area contributed by atoms with Crippen LogP contribution >= 0.6 is 0 Å². The number of hydrogen-bond acceptors (Lipinski definition) is 13. The van der Waals surface area contributed by atoms with Gasteiger partial charge >= 0.3 is 5.97 Å². The van der Waals surface area contributed by atoms with E-state index >= 15 is 0 Å². The lowest BCUT2D eigenvalue weighted by Gasteiger charge is -2.43. The zero-order valence-corrected chi connectivity index (χ0v) is 43.3. The molecule has 0 saturated carbocycles. The summed E-state index contributed by atoms with van der Waals surface area (Å²) in [5, 5.41) is 7.05. The lowest BCUT2D eigenvalue weighted by atomic mass is 9.87. The van der Waals surface area contributed by atoms with Gasteiger partial charge in [-0.1, -0.05) is 79.5 Å². The van der Waals surface area contributed by atoms with Crippen molar-refractivity contribution in [3.63, 3.8) is 0 Å². The number of H-pyrrole nitrogens is 1. The molecule has 4 rings (SSSR count). The largest absolute Gasteiger partial charge is 0.379 e. The molecule has 0 spiro atoms. The minimum atomic E-state index is -0.975. The molecule has 19 heteroatoms. The van der Waals surface area contributed by atoms with Gasteiger partial charge in [-0.3, -0.25) is 48.7 Å². The number of nitrogens with one attached hydrogen (secondary N) is 3. The Morgan fingerprint density at radius 2 is 1.51 bits per heavy atom. The summed E-state index contributed by atoms with van der Waals surface area (Å²) in [5.41, 5.74) is 7.55. The molecule has 2 fully saturated rings. The molecule has 2 saturated heterocycles. The third kappa shape index (κ3) is 14.7. The van der Waals surface area contributed by atoms with Gasteiger partial charge in [-0.25, -0.2) is 4.79 Å². The molecule has 2 aliphatic rings. The summed E-state index contributed by atoms with van der Waals surface area (Å²) in [4.78, 5) is 119. The average Bonchev–Trinajstić information content (AvgIpc) is 4.04. The predicted molar refractivity (Wildman–Crippen MR) is 263 cm³/mol. The third-order valence-corrected chi connectivity index (χ3v) is 14.2. The van der Waals surface area contributed by atoms with Crippen LogP contribution in [0.2, 0.25) is 0 Å². The predicted octanol–water partition coefficient (Wildman–Crippen LogP) is 3.87. The number of carbonyl (C=O) groups excluding carboxylic acids is 8. The summed E-state index contributed by atoms with van der Waals surface area (Å²) in [7, 11) is 6.73. The van der Waals surface area contributed by atoms with E-state index in [9.17, 15) is 38.4 Å². The summed E-state index contributed by atoms with van der Waals surface area (Å²) < 4.78 is 12.1. The number of carbonyl (C=O) groups is 8. The van der Waals surface area contributed by atoms with Crippen molar-refractivity contribution in [1.82, 2.24) is 35.4 Å². The maximum Gasteiger partial charge on any atom is 0.333 e. The van der Waals surface area contributed by atoms with Crippen molar-refractivity contribution in [3.05, 3.63) is 36.0 Å². The molecule has 2 aliphatic heterocycles. The molecule has 19 nitrogen and oxygen atoms in total. The molecule has 390 valence electrons. The SMILES string of the molecule is CC[C@H](C)[C@@H]([C@@H](CC(=O)N1CCC[C@H]1[C@H](OC)[C@@H](C)C(=O)N[C@@H](Cc1c[nH]c2ccccc12)C(N)=O)OC)N(C)[C@H](C(=O)NC(=O)[C@H](C(C)C)N(C)CCCCCC(=O)ON1C(=O)CCC1=O)C(C)C. The van der Waals surface area contributed by atoms with E-state index in [1.165, 1.54) is 7.11 Å². The van der Waals surface area contributed by atoms with E-state index in [-0.39, 0.29) is 55.8 Å². The maximum atomic E-state index is 14.5. The van der Waals surface area contributed by atoms with Crippen molar-refractivity contribution in [3.8, 4) is 0 Å². The molecule has 0 aliphatic carbocycles. The van der Waals surface area contributed by atoms with Crippen molar-refractivity contribution in [1.29, 1.82) is 0 Å². The van der Waals surface area contributed by atoms with Crippen molar-refractivity contribution >= 4 is 58.2 Å². The highest BCUT2D eigenvalue weighted by atomic mass is 16.7. The van der Waals surface area contributed by atoms with Crippen molar-refractivity contribution in [2.24, 2.45) is 29.4 Å². The summed E-state index contributed by atoms with van der Waals surface area (Å²) in [6.07, 6.45) is 4.48. The molecule has 5 N–H and O–H groups in total. The number of ether oxygens (including phenoxy) is 2. The van der Waals surface area contributed by atoms with E-state index in [4.69, 9.17) is 20.0 Å². The van der Waals surface area contributed by atoms with Gasteiger partial charge in [0.2, 0.25) is 29.5 Å². The first-order valence-corrected chi connectivity index (χ1v) is 25.0. The highest BCUT2D eigenvalue weighted by Crippen LogP contribution is 2.31. The van der Waals surface area contributed by atoms with Crippen molar-refractivity contribution in [2.75, 3.05) is 41.4 Å². The van der Waals surface area contributed by atoms with Gasteiger partial charge in [-0.2, -0.15) is 0 Å². The zero-order valence-electron chi connectivity index (χ0n) is 43.3. The number of para-hydroxylation sites is 1. The molecule has 0 radical (unpaired) electrons. The number of aromatic amines is 1. The molecule has 3 heterocycles. The number of hydroxylamine groups is 2. The number of likely N-dealkylation sites (N-methyl/N-ethyl adjacent to an activating group) is 2. The van der Waals surface area contributed by atoms with Gasteiger partial charge in [0, 0.05) is 69.6 Å². The van der Waals surface area contributed by atoms with Crippen molar-refractivity contribution < 1.29 is 52.7 Å². The molecule has 1 aromatic heterocycles. The highest BCUT2D eigenvalue weighted by molar-refractivity contribution is 6.02. The van der Waals surface area contributed by atoms with E-state index in [0.717, 1.165) is 16.5 Å². The minimum Gasteiger partial charge on any atom is -0.379 e. The number of unbranched alkanes of at least 4 members (excludes halogenated alkanes) is 2. The number of amides is 7. The summed E-state index contributed by atoms with van der Waals surface area (Å²) in [5.74, 6) is -5.05. The van der Waals surface area contributed by atoms with Gasteiger partial charge < -0.3 is 35.2 Å². The number of nitrogens with two attached hydrogens (primary N) is 1. The third-order valence-electron chi connectivity index (χ3n) is 14.2. The summed E-state index contributed by atoms with van der Waals surface area (Å²) >= 11 is 0. The van der Waals surface area contributed by atoms with Crippen LogP contribution in [0.4, 0.5) is 0 Å². The van der Waals surface area contributed by atoms with Crippen LogP contribution in [0.1, 0.15) is 118 Å². The molecule has 2 aromatic rings. The molecular weight excluding hydrogens is 901 g/mol. The molecule has 1 aromatic carbocycles. The maximum absolute atomic E-state index is 14.5. The number of aromatic nitrogens is 1. The number of likely N-dealkylation sites (tertiary alicyclic amines) is 1. The van der Waals surface area contributed by atoms with Crippen LogP contribution in [0.3, 0.4) is 0 Å². The quantitative estimate of drug-likeness (QED) is 0.0701. The van der Waals surface area contributed by atoms with E-state index < -0.39 is 89.7 Å². The number of fused-ring (bicyclic) bond motifs is 1. The Labute approximate surface area is 413 Å². The van der Waals surface area contributed by atoms with Gasteiger partial charge in [-0.15, -0.1) is 5.06 Å². The summed E-state index contributed by atoms with van der Waals surface area (Å²) in [6, 6.07) is 4.44. The molecular formula is C51H80N8O11. The Balaban J connectivity index is 1.39. The molecule has 7 amide bonds. The lowest BCUT2D eigenvalue weighted by Crippen LogP contribution is -2.60. The topological polar surface area (TPSA) is 243 Å². The number of nitrogens with zero attached hydrogens (tertiary/aromatic N) is 4.